The maximum atomic E-state index is 12.3. The molecular weight excluding hydrogens is 266 g/mol. The highest BCUT2D eigenvalue weighted by molar-refractivity contribution is 5.94. The van der Waals surface area contributed by atoms with E-state index in [0.29, 0.717) is 12.4 Å². The fourth-order valence-corrected chi connectivity index (χ4v) is 2.46. The molecule has 1 aliphatic heterocycles. The number of hydrogen-bond acceptors (Lipinski definition) is 3. The normalized spacial score (nSPS) is 12.9. The molecule has 3 rings (SSSR count). The molecule has 0 saturated heterocycles. The lowest BCUT2D eigenvalue weighted by atomic mass is 10.2. The van der Waals surface area contributed by atoms with Crippen LogP contribution in [-0.2, 0) is 13.0 Å². The number of nitrogens with zero attached hydrogens (tertiary/aromatic N) is 2. The number of benzene rings is 1. The summed E-state index contributed by atoms with van der Waals surface area (Å²) < 4.78 is 5.01. The SMILES string of the molecule is COc1ccc(CNC(=O)N2CCc3ccccc32)cn1. The van der Waals surface area contributed by atoms with Gasteiger partial charge in [0.05, 0.1) is 7.11 Å². The van der Waals surface area contributed by atoms with Gasteiger partial charge in [-0.25, -0.2) is 9.78 Å². The maximum Gasteiger partial charge on any atom is 0.322 e. The highest BCUT2D eigenvalue weighted by atomic mass is 16.5. The van der Waals surface area contributed by atoms with E-state index in [1.54, 1.807) is 24.3 Å². The second-order valence-corrected chi connectivity index (χ2v) is 4.90. The molecule has 2 amide bonds. The quantitative estimate of drug-likeness (QED) is 0.941. The van der Waals surface area contributed by atoms with E-state index in [1.165, 1.54) is 5.56 Å². The number of methoxy groups -OCH3 is 1. The number of hydrogen-bond donors (Lipinski definition) is 1. The second-order valence-electron chi connectivity index (χ2n) is 4.90. The van der Waals surface area contributed by atoms with E-state index < -0.39 is 0 Å². The van der Waals surface area contributed by atoms with Gasteiger partial charge in [-0.1, -0.05) is 24.3 Å². The fourth-order valence-electron chi connectivity index (χ4n) is 2.46. The van der Waals surface area contributed by atoms with Crippen LogP contribution in [0.1, 0.15) is 11.1 Å². The number of para-hydroxylation sites is 1. The van der Waals surface area contributed by atoms with Crippen LogP contribution in [0.5, 0.6) is 5.88 Å². The molecule has 1 N–H and O–H groups in total. The number of ether oxygens (including phenoxy) is 1. The first-order valence-corrected chi connectivity index (χ1v) is 6.90. The first-order valence-electron chi connectivity index (χ1n) is 6.90. The summed E-state index contributed by atoms with van der Waals surface area (Å²) >= 11 is 0. The molecule has 0 saturated carbocycles. The van der Waals surface area contributed by atoms with Gasteiger partial charge in [-0.3, -0.25) is 4.90 Å². The number of fused-ring (bicyclic) bond motifs is 1. The Morgan fingerprint density at radius 1 is 1.33 bits per heavy atom. The third kappa shape index (κ3) is 2.81. The van der Waals surface area contributed by atoms with Crippen LogP contribution < -0.4 is 15.0 Å². The number of nitrogens with one attached hydrogen (secondary N) is 1. The van der Waals surface area contributed by atoms with E-state index in [2.05, 4.69) is 16.4 Å². The highest BCUT2D eigenvalue weighted by Crippen LogP contribution is 2.27. The summed E-state index contributed by atoms with van der Waals surface area (Å²) in [6.07, 6.45) is 2.62. The van der Waals surface area contributed by atoms with Gasteiger partial charge in [-0.15, -0.1) is 0 Å². The molecule has 0 fully saturated rings. The maximum absolute atomic E-state index is 12.3. The third-order valence-corrected chi connectivity index (χ3v) is 3.58. The molecule has 0 radical (unpaired) electrons. The van der Waals surface area contributed by atoms with Gasteiger partial charge in [0.15, 0.2) is 0 Å². The van der Waals surface area contributed by atoms with Crippen LogP contribution >= 0.6 is 0 Å². The van der Waals surface area contributed by atoms with Crippen molar-refractivity contribution in [2.75, 3.05) is 18.6 Å². The Kier molecular flexibility index (Phi) is 3.73. The van der Waals surface area contributed by atoms with E-state index in [4.69, 9.17) is 4.74 Å². The highest BCUT2D eigenvalue weighted by Gasteiger charge is 2.23. The zero-order valence-corrected chi connectivity index (χ0v) is 11.9. The average molecular weight is 283 g/mol. The minimum Gasteiger partial charge on any atom is -0.481 e. The van der Waals surface area contributed by atoms with Crippen molar-refractivity contribution in [3.05, 3.63) is 53.7 Å². The van der Waals surface area contributed by atoms with Crippen LogP contribution in [0.25, 0.3) is 0 Å². The number of rotatable bonds is 3. The number of aromatic nitrogens is 1. The van der Waals surface area contributed by atoms with Crippen molar-refractivity contribution >= 4 is 11.7 Å². The van der Waals surface area contributed by atoms with Crippen LogP contribution in [0.4, 0.5) is 10.5 Å². The molecule has 1 aromatic carbocycles. The minimum absolute atomic E-state index is 0.0734. The Balaban J connectivity index is 1.62. The van der Waals surface area contributed by atoms with Gasteiger partial charge in [0.1, 0.15) is 0 Å². The molecule has 108 valence electrons. The molecular formula is C16H17N3O2. The molecule has 5 nitrogen and oxygen atoms in total. The molecule has 0 spiro atoms. The van der Waals surface area contributed by atoms with Crippen LogP contribution in [0.3, 0.4) is 0 Å². The van der Waals surface area contributed by atoms with Gasteiger partial charge in [0.2, 0.25) is 5.88 Å². The van der Waals surface area contributed by atoms with Crippen molar-refractivity contribution in [2.45, 2.75) is 13.0 Å². The number of urea groups is 1. The Hall–Kier alpha value is -2.56. The summed E-state index contributed by atoms with van der Waals surface area (Å²) in [6, 6.07) is 11.6. The van der Waals surface area contributed by atoms with Gasteiger partial charge >= 0.3 is 6.03 Å². The van der Waals surface area contributed by atoms with Crippen molar-refractivity contribution in [3.8, 4) is 5.88 Å². The molecule has 2 aromatic rings. The predicted molar refractivity (Wildman–Crippen MR) is 80.5 cm³/mol. The zero-order valence-electron chi connectivity index (χ0n) is 11.9. The summed E-state index contributed by atoms with van der Waals surface area (Å²) in [5.74, 6) is 0.568. The van der Waals surface area contributed by atoms with Crippen molar-refractivity contribution in [1.29, 1.82) is 0 Å². The molecule has 5 heteroatoms. The molecule has 0 unspecified atom stereocenters. The molecule has 0 atom stereocenters. The summed E-state index contributed by atoms with van der Waals surface area (Å²) in [5, 5.41) is 2.93. The Morgan fingerprint density at radius 3 is 2.95 bits per heavy atom. The standard InChI is InChI=1S/C16H17N3O2/c1-21-15-7-6-12(10-17-15)11-18-16(20)19-9-8-13-4-2-3-5-14(13)19/h2-7,10H,8-9,11H2,1H3,(H,18,20). The summed E-state index contributed by atoms with van der Waals surface area (Å²) in [5.41, 5.74) is 3.17. The summed E-state index contributed by atoms with van der Waals surface area (Å²) in [6.45, 7) is 1.18. The lowest BCUT2D eigenvalue weighted by Gasteiger charge is -2.18. The Labute approximate surface area is 123 Å². The monoisotopic (exact) mass is 283 g/mol. The Morgan fingerprint density at radius 2 is 2.19 bits per heavy atom. The van der Waals surface area contributed by atoms with E-state index in [9.17, 15) is 4.79 Å². The Bertz CT molecular complexity index is 640. The van der Waals surface area contributed by atoms with Gasteiger partial charge in [0, 0.05) is 31.0 Å². The number of carbonyl (C=O) groups excluding carboxylic acids is 1. The number of anilines is 1. The number of amides is 2. The van der Waals surface area contributed by atoms with E-state index in [1.807, 2.05) is 24.3 Å². The zero-order chi connectivity index (χ0) is 14.7. The smallest absolute Gasteiger partial charge is 0.322 e. The van der Waals surface area contributed by atoms with Crippen molar-refractivity contribution in [1.82, 2.24) is 10.3 Å². The largest absolute Gasteiger partial charge is 0.481 e. The van der Waals surface area contributed by atoms with E-state index >= 15 is 0 Å². The first-order chi connectivity index (χ1) is 10.3. The summed E-state index contributed by atoms with van der Waals surface area (Å²) in [4.78, 5) is 18.2. The summed E-state index contributed by atoms with van der Waals surface area (Å²) in [7, 11) is 1.58. The van der Waals surface area contributed by atoms with Crippen LogP contribution in [0.2, 0.25) is 0 Å². The van der Waals surface area contributed by atoms with E-state index in [-0.39, 0.29) is 6.03 Å². The van der Waals surface area contributed by atoms with Gasteiger partial charge in [-0.05, 0) is 23.6 Å². The topological polar surface area (TPSA) is 54.5 Å². The fraction of sp³-hybridized carbons (Fsp3) is 0.250. The third-order valence-electron chi connectivity index (χ3n) is 3.58. The van der Waals surface area contributed by atoms with Crippen molar-refractivity contribution < 1.29 is 9.53 Å². The molecule has 21 heavy (non-hydrogen) atoms. The van der Waals surface area contributed by atoms with Gasteiger partial charge in [-0.2, -0.15) is 0 Å². The van der Waals surface area contributed by atoms with E-state index in [0.717, 1.165) is 24.2 Å². The van der Waals surface area contributed by atoms with Crippen molar-refractivity contribution in [2.24, 2.45) is 0 Å². The predicted octanol–water partition coefficient (Wildman–Crippen LogP) is 2.36. The van der Waals surface area contributed by atoms with Gasteiger partial charge < -0.3 is 10.1 Å². The molecule has 2 heterocycles. The van der Waals surface area contributed by atoms with Crippen LogP contribution in [0, 0.1) is 0 Å². The molecule has 1 aliphatic rings. The van der Waals surface area contributed by atoms with Crippen molar-refractivity contribution in [3.63, 3.8) is 0 Å². The molecule has 0 bridgehead atoms. The minimum atomic E-state index is -0.0734. The number of pyridine rings is 1. The lowest BCUT2D eigenvalue weighted by molar-refractivity contribution is 0.246. The van der Waals surface area contributed by atoms with Crippen LogP contribution in [0.15, 0.2) is 42.6 Å². The molecule has 1 aromatic heterocycles. The average Bonchev–Trinajstić information content (AvgIpc) is 2.97. The van der Waals surface area contributed by atoms with Crippen LogP contribution in [-0.4, -0.2) is 24.7 Å². The molecule has 0 aliphatic carbocycles. The first kappa shape index (κ1) is 13.4. The van der Waals surface area contributed by atoms with Gasteiger partial charge in [0.25, 0.3) is 0 Å². The lowest BCUT2D eigenvalue weighted by Crippen LogP contribution is -2.38. The second kappa shape index (κ2) is 5.83. The number of carbonyl (C=O) groups is 1.